The van der Waals surface area contributed by atoms with Crippen molar-refractivity contribution < 1.29 is 14.7 Å². The van der Waals surface area contributed by atoms with Gasteiger partial charge < -0.3 is 5.11 Å². The number of hydrogen-bond acceptors (Lipinski definition) is 5. The highest BCUT2D eigenvalue weighted by molar-refractivity contribution is 8.27. The molecule has 0 aromatic heterocycles. The lowest BCUT2D eigenvalue weighted by Gasteiger charge is -2.14. The molecule has 0 radical (unpaired) electrons. The van der Waals surface area contributed by atoms with Gasteiger partial charge in [0, 0.05) is 0 Å². The summed E-state index contributed by atoms with van der Waals surface area (Å²) in [4.78, 5) is 25.5. The molecule has 0 aliphatic carbocycles. The number of carbonyl (C=O) groups excluding carboxylic acids is 1. The summed E-state index contributed by atoms with van der Waals surface area (Å²) >= 11 is 6.49. The van der Waals surface area contributed by atoms with Crippen LogP contribution in [0.25, 0.3) is 6.08 Å². The smallest absolute Gasteiger partial charge is 0.307 e. The summed E-state index contributed by atoms with van der Waals surface area (Å²) in [5, 5.41) is 18.4. The summed E-state index contributed by atoms with van der Waals surface area (Å²) in [7, 11) is 0. The van der Waals surface area contributed by atoms with Crippen LogP contribution in [0.3, 0.4) is 0 Å². The topological polar surface area (TPSA) is 81.4 Å². The van der Waals surface area contributed by atoms with Crippen LogP contribution in [0.4, 0.5) is 5.69 Å². The van der Waals surface area contributed by atoms with Crippen molar-refractivity contribution in [3.05, 3.63) is 81.8 Å². The first-order chi connectivity index (χ1) is 14.4. The largest absolute Gasteiger partial charge is 0.481 e. The fourth-order valence-electron chi connectivity index (χ4n) is 2.90. The molecule has 5 nitrogen and oxygen atoms in total. The molecule has 0 bridgehead atoms. The second-order valence-electron chi connectivity index (χ2n) is 6.56. The van der Waals surface area contributed by atoms with E-state index in [1.54, 1.807) is 36.4 Å². The number of rotatable bonds is 6. The molecule has 7 heteroatoms. The molecular weight excluding hydrogens is 416 g/mol. The Morgan fingerprint density at radius 2 is 1.80 bits per heavy atom. The van der Waals surface area contributed by atoms with Crippen molar-refractivity contribution in [3.63, 3.8) is 0 Å². The third kappa shape index (κ3) is 5.03. The maximum atomic E-state index is 12.9. The number of carboxylic acids is 1. The number of thioether (sulfide) groups is 1. The zero-order valence-electron chi connectivity index (χ0n) is 16.2. The van der Waals surface area contributed by atoms with E-state index < -0.39 is 5.97 Å². The SMILES string of the molecule is CCc1ccc(/C=C(C#N)/C=C2\SC(=S)N(c3ccc(CC(=O)O)cc3)C2=O)cc1. The lowest BCUT2D eigenvalue weighted by Crippen LogP contribution is -2.27. The van der Waals surface area contributed by atoms with E-state index in [1.807, 2.05) is 24.3 Å². The highest BCUT2D eigenvalue weighted by atomic mass is 32.2. The fourth-order valence-corrected chi connectivity index (χ4v) is 4.19. The number of aliphatic carboxylic acids is 1. The third-order valence-corrected chi connectivity index (χ3v) is 5.77. The number of thiocarbonyl (C=S) groups is 1. The first-order valence-corrected chi connectivity index (χ1v) is 10.4. The maximum absolute atomic E-state index is 12.9. The van der Waals surface area contributed by atoms with Crippen LogP contribution < -0.4 is 4.90 Å². The van der Waals surface area contributed by atoms with Crippen molar-refractivity contribution in [3.8, 4) is 6.07 Å². The quantitative estimate of drug-likeness (QED) is 0.402. The molecule has 0 unspecified atom stereocenters. The van der Waals surface area contributed by atoms with Crippen molar-refractivity contribution in [2.24, 2.45) is 0 Å². The molecule has 150 valence electrons. The van der Waals surface area contributed by atoms with Crippen LogP contribution in [0.2, 0.25) is 0 Å². The van der Waals surface area contributed by atoms with Crippen molar-refractivity contribution in [1.82, 2.24) is 0 Å². The summed E-state index contributed by atoms with van der Waals surface area (Å²) in [6, 6.07) is 16.7. The van der Waals surface area contributed by atoms with Gasteiger partial charge in [0.1, 0.15) is 0 Å². The first kappa shape index (κ1) is 21.5. The number of hydrogen-bond donors (Lipinski definition) is 1. The number of allylic oxidation sites excluding steroid dienone is 2. The van der Waals surface area contributed by atoms with E-state index in [1.165, 1.54) is 10.5 Å². The Kier molecular flexibility index (Phi) is 6.83. The minimum atomic E-state index is -0.920. The standard InChI is InChI=1S/C23H18N2O3S2/c1-2-15-3-5-16(6-4-15)11-18(14-24)12-20-22(28)25(23(29)30-20)19-9-7-17(8-10-19)13-21(26)27/h3-12H,2,13H2,1H3,(H,26,27)/b18-11-,20-12-. The van der Waals surface area contributed by atoms with Crippen LogP contribution in [0.1, 0.15) is 23.6 Å². The number of carbonyl (C=O) groups is 2. The number of anilines is 1. The zero-order valence-corrected chi connectivity index (χ0v) is 17.8. The Labute approximate surface area is 184 Å². The van der Waals surface area contributed by atoms with Crippen LogP contribution in [0.5, 0.6) is 0 Å². The molecule has 1 aliphatic heterocycles. The summed E-state index contributed by atoms with van der Waals surface area (Å²) < 4.78 is 0.363. The molecular formula is C23H18N2O3S2. The molecule has 1 N–H and O–H groups in total. The first-order valence-electron chi connectivity index (χ1n) is 9.20. The van der Waals surface area contributed by atoms with Gasteiger partial charge in [-0.1, -0.05) is 67.3 Å². The molecule has 1 aliphatic rings. The van der Waals surface area contributed by atoms with Gasteiger partial charge in [-0.3, -0.25) is 14.5 Å². The van der Waals surface area contributed by atoms with Gasteiger partial charge in [0.05, 0.1) is 28.7 Å². The van der Waals surface area contributed by atoms with Crippen LogP contribution >= 0.6 is 24.0 Å². The molecule has 3 rings (SSSR count). The molecule has 30 heavy (non-hydrogen) atoms. The van der Waals surface area contributed by atoms with Gasteiger partial charge in [-0.15, -0.1) is 0 Å². The van der Waals surface area contributed by atoms with Gasteiger partial charge in [0.25, 0.3) is 5.91 Å². The molecule has 2 aromatic carbocycles. The number of carboxylic acid groups (broad SMARTS) is 1. The molecule has 2 aromatic rings. The van der Waals surface area contributed by atoms with Crippen LogP contribution in [0, 0.1) is 11.3 Å². The van der Waals surface area contributed by atoms with Gasteiger partial charge in [0.15, 0.2) is 4.32 Å². The molecule has 1 amide bonds. The van der Waals surface area contributed by atoms with E-state index in [9.17, 15) is 14.9 Å². The summed E-state index contributed by atoms with van der Waals surface area (Å²) in [5.41, 5.74) is 3.64. The number of nitrogens with zero attached hydrogens (tertiary/aromatic N) is 2. The van der Waals surface area contributed by atoms with Gasteiger partial charge in [-0.2, -0.15) is 5.26 Å². The van der Waals surface area contributed by atoms with Gasteiger partial charge in [-0.25, -0.2) is 0 Å². The fraction of sp³-hybridized carbons (Fsp3) is 0.130. The van der Waals surface area contributed by atoms with E-state index in [4.69, 9.17) is 17.3 Å². The Morgan fingerprint density at radius 1 is 1.17 bits per heavy atom. The highest BCUT2D eigenvalue weighted by Crippen LogP contribution is 2.35. The number of amides is 1. The number of benzene rings is 2. The monoisotopic (exact) mass is 434 g/mol. The average molecular weight is 435 g/mol. The minimum absolute atomic E-state index is 0.0892. The van der Waals surface area contributed by atoms with Crippen molar-refractivity contribution in [1.29, 1.82) is 5.26 Å². The van der Waals surface area contributed by atoms with E-state index in [0.717, 1.165) is 23.7 Å². The van der Waals surface area contributed by atoms with Crippen molar-refractivity contribution in [2.45, 2.75) is 19.8 Å². The van der Waals surface area contributed by atoms with Gasteiger partial charge in [-0.05, 0) is 47.4 Å². The Morgan fingerprint density at radius 3 is 2.37 bits per heavy atom. The van der Waals surface area contributed by atoms with E-state index >= 15 is 0 Å². The Balaban J connectivity index is 1.83. The molecule has 1 heterocycles. The molecule has 0 spiro atoms. The lowest BCUT2D eigenvalue weighted by molar-refractivity contribution is -0.136. The summed E-state index contributed by atoms with van der Waals surface area (Å²) in [5.74, 6) is -1.23. The van der Waals surface area contributed by atoms with E-state index in [-0.39, 0.29) is 12.3 Å². The molecule has 0 atom stereocenters. The maximum Gasteiger partial charge on any atom is 0.307 e. The number of nitriles is 1. The number of aryl methyl sites for hydroxylation is 1. The summed E-state index contributed by atoms with van der Waals surface area (Å²) in [6.45, 7) is 2.08. The Bertz CT molecular complexity index is 1090. The Hall–Kier alpha value is -3.21. The second kappa shape index (κ2) is 9.53. The highest BCUT2D eigenvalue weighted by Gasteiger charge is 2.33. The minimum Gasteiger partial charge on any atom is -0.481 e. The molecule has 0 saturated carbocycles. The predicted octanol–water partition coefficient (Wildman–Crippen LogP) is 4.73. The van der Waals surface area contributed by atoms with E-state index in [2.05, 4.69) is 13.0 Å². The zero-order chi connectivity index (χ0) is 21.7. The second-order valence-corrected chi connectivity index (χ2v) is 8.24. The van der Waals surface area contributed by atoms with Crippen LogP contribution in [-0.2, 0) is 22.4 Å². The van der Waals surface area contributed by atoms with Crippen molar-refractivity contribution in [2.75, 3.05) is 4.90 Å². The van der Waals surface area contributed by atoms with E-state index in [0.29, 0.717) is 26.0 Å². The van der Waals surface area contributed by atoms with Crippen LogP contribution in [0.15, 0.2) is 65.1 Å². The van der Waals surface area contributed by atoms with Crippen molar-refractivity contribution >= 4 is 51.9 Å². The average Bonchev–Trinajstić information content (AvgIpc) is 3.01. The normalized spacial score (nSPS) is 15.5. The summed E-state index contributed by atoms with van der Waals surface area (Å²) in [6.07, 6.45) is 4.13. The predicted molar refractivity (Wildman–Crippen MR) is 123 cm³/mol. The third-order valence-electron chi connectivity index (χ3n) is 4.47. The van der Waals surface area contributed by atoms with Gasteiger partial charge in [0.2, 0.25) is 0 Å². The molecule has 1 fully saturated rings. The lowest BCUT2D eigenvalue weighted by atomic mass is 10.1. The van der Waals surface area contributed by atoms with Gasteiger partial charge >= 0.3 is 5.97 Å². The van der Waals surface area contributed by atoms with Crippen LogP contribution in [-0.4, -0.2) is 21.3 Å². The molecule has 1 saturated heterocycles.